The van der Waals surface area contributed by atoms with Crippen molar-refractivity contribution in [2.45, 2.75) is 57.2 Å². The van der Waals surface area contributed by atoms with Crippen LogP contribution in [0.15, 0.2) is 24.3 Å². The van der Waals surface area contributed by atoms with Crippen molar-refractivity contribution in [1.29, 1.82) is 0 Å². The lowest BCUT2D eigenvalue weighted by molar-refractivity contribution is -0.170. The topological polar surface area (TPSA) is 64.3 Å². The average Bonchev–Trinajstić information content (AvgIpc) is 3.04. The maximum absolute atomic E-state index is 12.8. The molecule has 23 heavy (non-hydrogen) atoms. The second kappa shape index (κ2) is 4.81. The van der Waals surface area contributed by atoms with Crippen LogP contribution in [0.3, 0.4) is 0 Å². The van der Waals surface area contributed by atoms with Crippen LogP contribution in [0.4, 0.5) is 0 Å². The molecule has 3 aliphatic rings. The monoisotopic (exact) mass is 314 g/mol. The van der Waals surface area contributed by atoms with Gasteiger partial charge in [-0.2, -0.15) is 0 Å². The molecular formula is C19H26N2O2. The van der Waals surface area contributed by atoms with Crippen molar-refractivity contribution in [2.75, 3.05) is 6.61 Å². The predicted molar refractivity (Wildman–Crippen MR) is 89.0 cm³/mol. The molecule has 1 aromatic carbocycles. The van der Waals surface area contributed by atoms with Gasteiger partial charge in [-0.3, -0.25) is 4.79 Å². The van der Waals surface area contributed by atoms with E-state index in [0.717, 1.165) is 6.42 Å². The summed E-state index contributed by atoms with van der Waals surface area (Å²) in [5.74, 6) is 1.05. The minimum Gasteiger partial charge on any atom is -0.378 e. The summed E-state index contributed by atoms with van der Waals surface area (Å²) in [4.78, 5) is 12.8. The van der Waals surface area contributed by atoms with E-state index in [1.807, 2.05) is 20.8 Å². The molecule has 1 aromatic rings. The first-order chi connectivity index (χ1) is 10.9. The van der Waals surface area contributed by atoms with Crippen molar-refractivity contribution < 1.29 is 9.53 Å². The van der Waals surface area contributed by atoms with E-state index in [-0.39, 0.29) is 23.5 Å². The number of rotatable bonds is 4. The van der Waals surface area contributed by atoms with Gasteiger partial charge in [0.25, 0.3) is 0 Å². The SMILES string of the molecule is CCOC1CC(N)(C(=O)NC2C3Cc4ccccc4C32)C1(C)C. The zero-order chi connectivity index (χ0) is 16.4. The Labute approximate surface area is 137 Å². The molecule has 0 bridgehead atoms. The zero-order valence-corrected chi connectivity index (χ0v) is 14.1. The minimum atomic E-state index is -0.816. The fraction of sp³-hybridized carbons (Fsp3) is 0.632. The van der Waals surface area contributed by atoms with Gasteiger partial charge < -0.3 is 15.8 Å². The summed E-state index contributed by atoms with van der Waals surface area (Å²) in [6, 6.07) is 8.84. The van der Waals surface area contributed by atoms with E-state index >= 15 is 0 Å². The third kappa shape index (κ3) is 1.94. The van der Waals surface area contributed by atoms with Crippen LogP contribution >= 0.6 is 0 Å². The minimum absolute atomic E-state index is 0.00432. The molecule has 4 heteroatoms. The second-order valence-electron chi connectivity index (χ2n) is 7.93. The molecule has 0 aromatic heterocycles. The number of benzene rings is 1. The molecule has 5 atom stereocenters. The Morgan fingerprint density at radius 2 is 2.13 bits per heavy atom. The Morgan fingerprint density at radius 1 is 1.39 bits per heavy atom. The largest absolute Gasteiger partial charge is 0.378 e. The Morgan fingerprint density at radius 3 is 2.83 bits per heavy atom. The van der Waals surface area contributed by atoms with E-state index in [4.69, 9.17) is 10.5 Å². The highest BCUT2D eigenvalue weighted by Gasteiger charge is 2.65. The van der Waals surface area contributed by atoms with Crippen molar-refractivity contribution in [3.8, 4) is 0 Å². The smallest absolute Gasteiger partial charge is 0.241 e. The van der Waals surface area contributed by atoms with Gasteiger partial charge in [0, 0.05) is 30.4 Å². The molecule has 2 fully saturated rings. The molecule has 0 heterocycles. The lowest BCUT2D eigenvalue weighted by Crippen LogP contribution is -2.76. The number of carbonyl (C=O) groups is 1. The second-order valence-corrected chi connectivity index (χ2v) is 7.93. The number of carbonyl (C=O) groups excluding carboxylic acids is 1. The van der Waals surface area contributed by atoms with Crippen molar-refractivity contribution in [3.63, 3.8) is 0 Å². The van der Waals surface area contributed by atoms with Crippen molar-refractivity contribution >= 4 is 5.91 Å². The molecule has 4 nitrogen and oxygen atoms in total. The molecule has 1 amide bonds. The van der Waals surface area contributed by atoms with Crippen molar-refractivity contribution in [3.05, 3.63) is 35.4 Å². The summed E-state index contributed by atoms with van der Waals surface area (Å²) in [5.41, 5.74) is 8.18. The first-order valence-corrected chi connectivity index (χ1v) is 8.69. The van der Waals surface area contributed by atoms with E-state index in [1.165, 1.54) is 11.1 Å². The van der Waals surface area contributed by atoms with Gasteiger partial charge in [0.15, 0.2) is 0 Å². The number of nitrogens with one attached hydrogen (secondary N) is 1. The van der Waals surface area contributed by atoms with Crippen LogP contribution in [-0.2, 0) is 16.0 Å². The predicted octanol–water partition coefficient (Wildman–Crippen LogP) is 1.97. The summed E-state index contributed by atoms with van der Waals surface area (Å²) in [7, 11) is 0. The maximum Gasteiger partial charge on any atom is 0.241 e. The standard InChI is InChI=1S/C19H26N2O2/c1-4-23-14-10-19(20,18(14,2)3)17(22)21-16-13-9-11-7-5-6-8-12(11)15(13)16/h5-8,13-16H,4,9-10,20H2,1-3H3,(H,21,22). The Hall–Kier alpha value is -1.39. The van der Waals surface area contributed by atoms with Gasteiger partial charge in [0.1, 0.15) is 5.54 Å². The number of fused-ring (bicyclic) bond motifs is 3. The lowest BCUT2D eigenvalue weighted by atomic mass is 9.54. The molecule has 5 unspecified atom stereocenters. The van der Waals surface area contributed by atoms with E-state index in [0.29, 0.717) is 24.9 Å². The highest BCUT2D eigenvalue weighted by Crippen LogP contribution is 2.57. The third-order valence-electron chi connectivity index (χ3n) is 6.57. The van der Waals surface area contributed by atoms with Crippen LogP contribution in [0.1, 0.15) is 44.2 Å². The fourth-order valence-electron chi connectivity index (χ4n) is 4.65. The molecule has 3 aliphatic carbocycles. The molecule has 2 saturated carbocycles. The zero-order valence-electron chi connectivity index (χ0n) is 14.1. The number of amides is 1. The number of nitrogens with two attached hydrogens (primary N) is 1. The normalized spacial score (nSPS) is 39.1. The number of hydrogen-bond donors (Lipinski definition) is 2. The third-order valence-corrected chi connectivity index (χ3v) is 6.57. The van der Waals surface area contributed by atoms with Gasteiger partial charge in [0.2, 0.25) is 5.91 Å². The summed E-state index contributed by atoms with van der Waals surface area (Å²) in [6.45, 7) is 6.73. The summed E-state index contributed by atoms with van der Waals surface area (Å²) < 4.78 is 5.72. The lowest BCUT2D eigenvalue weighted by Gasteiger charge is -2.57. The van der Waals surface area contributed by atoms with Crippen LogP contribution in [0.2, 0.25) is 0 Å². The molecule has 0 saturated heterocycles. The van der Waals surface area contributed by atoms with Gasteiger partial charge in [-0.25, -0.2) is 0 Å². The van der Waals surface area contributed by atoms with Gasteiger partial charge in [0.05, 0.1) is 6.10 Å². The summed E-state index contributed by atoms with van der Waals surface area (Å²) in [5, 5.41) is 3.24. The van der Waals surface area contributed by atoms with Crippen LogP contribution < -0.4 is 11.1 Å². The van der Waals surface area contributed by atoms with Crippen LogP contribution in [0.5, 0.6) is 0 Å². The summed E-state index contributed by atoms with van der Waals surface area (Å²) >= 11 is 0. The number of ether oxygens (including phenoxy) is 1. The van der Waals surface area contributed by atoms with Crippen LogP contribution in [0.25, 0.3) is 0 Å². The van der Waals surface area contributed by atoms with E-state index < -0.39 is 5.54 Å². The highest BCUT2D eigenvalue weighted by atomic mass is 16.5. The molecule has 4 rings (SSSR count). The van der Waals surface area contributed by atoms with Gasteiger partial charge >= 0.3 is 0 Å². The van der Waals surface area contributed by atoms with E-state index in [1.54, 1.807) is 0 Å². The molecular weight excluding hydrogens is 288 g/mol. The van der Waals surface area contributed by atoms with Gasteiger partial charge in [-0.05, 0) is 30.4 Å². The van der Waals surface area contributed by atoms with Crippen LogP contribution in [-0.4, -0.2) is 30.2 Å². The maximum atomic E-state index is 12.8. The molecule has 0 spiro atoms. The molecule has 0 aliphatic heterocycles. The van der Waals surface area contributed by atoms with Crippen molar-refractivity contribution in [1.82, 2.24) is 5.32 Å². The van der Waals surface area contributed by atoms with E-state index in [2.05, 4.69) is 29.6 Å². The van der Waals surface area contributed by atoms with Crippen LogP contribution in [0, 0.1) is 11.3 Å². The molecule has 0 radical (unpaired) electrons. The van der Waals surface area contributed by atoms with E-state index in [9.17, 15) is 4.79 Å². The summed E-state index contributed by atoms with van der Waals surface area (Å²) in [6.07, 6.45) is 1.76. The highest BCUT2D eigenvalue weighted by molar-refractivity contribution is 5.89. The molecule has 124 valence electrons. The number of hydrogen-bond acceptors (Lipinski definition) is 3. The molecule has 3 N–H and O–H groups in total. The Balaban J connectivity index is 1.43. The fourth-order valence-corrected chi connectivity index (χ4v) is 4.65. The first-order valence-electron chi connectivity index (χ1n) is 8.69. The quantitative estimate of drug-likeness (QED) is 0.893. The average molecular weight is 314 g/mol. The Bertz CT molecular complexity index is 657. The van der Waals surface area contributed by atoms with Crippen molar-refractivity contribution in [2.24, 2.45) is 17.1 Å². The first kappa shape index (κ1) is 15.2. The van der Waals surface area contributed by atoms with Gasteiger partial charge in [-0.15, -0.1) is 0 Å². The van der Waals surface area contributed by atoms with Gasteiger partial charge in [-0.1, -0.05) is 38.1 Å². The Kier molecular flexibility index (Phi) is 3.17.